The van der Waals surface area contributed by atoms with Crippen LogP contribution >= 0.6 is 27.5 Å². The number of aromatic nitrogens is 1. The lowest BCUT2D eigenvalue weighted by atomic mass is 10.3. The van der Waals surface area contributed by atoms with Crippen LogP contribution in [0.4, 0.5) is 5.69 Å². The summed E-state index contributed by atoms with van der Waals surface area (Å²) in [6.07, 6.45) is 1.59. The molecular formula is C9H10BrClN2O. The van der Waals surface area contributed by atoms with E-state index in [2.05, 4.69) is 15.9 Å². The second-order valence-electron chi connectivity index (χ2n) is 3.01. The van der Waals surface area contributed by atoms with Gasteiger partial charge in [0, 0.05) is 24.0 Å². The van der Waals surface area contributed by atoms with E-state index in [4.69, 9.17) is 17.3 Å². The van der Waals surface area contributed by atoms with Crippen LogP contribution in [-0.4, -0.2) is 4.57 Å². The molecule has 1 heterocycles. The molecule has 1 aromatic heterocycles. The van der Waals surface area contributed by atoms with E-state index in [0.717, 1.165) is 5.57 Å². The zero-order valence-electron chi connectivity index (χ0n) is 7.63. The number of halogens is 2. The van der Waals surface area contributed by atoms with Gasteiger partial charge >= 0.3 is 0 Å². The molecule has 0 aliphatic rings. The second kappa shape index (κ2) is 4.66. The first-order valence-electron chi connectivity index (χ1n) is 3.96. The van der Waals surface area contributed by atoms with Gasteiger partial charge in [0.2, 0.25) is 0 Å². The number of hydrogen-bond acceptors (Lipinski definition) is 2. The average Bonchev–Trinajstić information content (AvgIpc) is 2.13. The lowest BCUT2D eigenvalue weighted by molar-refractivity contribution is 0.746. The minimum absolute atomic E-state index is 0.114. The first-order chi connectivity index (χ1) is 6.54. The molecule has 0 aromatic carbocycles. The van der Waals surface area contributed by atoms with Crippen LogP contribution in [0.3, 0.4) is 0 Å². The smallest absolute Gasteiger partial charge is 0.265 e. The van der Waals surface area contributed by atoms with Gasteiger partial charge in [-0.15, -0.1) is 0 Å². The highest BCUT2D eigenvalue weighted by molar-refractivity contribution is 9.10. The molecule has 0 spiro atoms. The minimum atomic E-state index is -0.114. The molecular weight excluding hydrogens is 267 g/mol. The third kappa shape index (κ3) is 2.62. The van der Waals surface area contributed by atoms with Crippen molar-refractivity contribution in [1.82, 2.24) is 4.57 Å². The second-order valence-corrected chi connectivity index (χ2v) is 4.08. The fourth-order valence-electron chi connectivity index (χ4n) is 1.04. The molecule has 0 saturated heterocycles. The molecule has 1 rings (SSSR count). The quantitative estimate of drug-likeness (QED) is 0.902. The van der Waals surface area contributed by atoms with Crippen molar-refractivity contribution in [2.75, 3.05) is 5.73 Å². The molecule has 0 atom stereocenters. The van der Waals surface area contributed by atoms with Crippen LogP contribution in [0, 0.1) is 0 Å². The normalized spacial score (nSPS) is 11.8. The molecule has 3 nitrogen and oxygen atoms in total. The van der Waals surface area contributed by atoms with E-state index >= 15 is 0 Å². The van der Waals surface area contributed by atoms with Crippen molar-refractivity contribution in [2.45, 2.75) is 13.5 Å². The molecule has 0 saturated carbocycles. The molecule has 0 radical (unpaired) electrons. The highest BCUT2D eigenvalue weighted by atomic mass is 79.9. The standard InChI is InChI=1S/C9H10BrClN2O/c1-6(3-11)4-13-5-7(12)2-8(10)9(13)14/h2-3,5H,4,12H2,1H3/b6-3-. The molecule has 14 heavy (non-hydrogen) atoms. The predicted molar refractivity (Wildman–Crippen MR) is 62.4 cm³/mol. The SMILES string of the molecule is C/C(=C/Cl)Cn1cc(N)cc(Br)c1=O. The van der Waals surface area contributed by atoms with Crippen LogP contribution in [0.15, 0.2) is 32.6 Å². The first-order valence-corrected chi connectivity index (χ1v) is 5.19. The maximum Gasteiger partial charge on any atom is 0.265 e. The zero-order chi connectivity index (χ0) is 10.7. The van der Waals surface area contributed by atoms with Gasteiger partial charge in [-0.05, 0) is 34.5 Å². The molecule has 76 valence electrons. The number of nitrogen functional groups attached to an aromatic ring is 1. The Morgan fingerprint density at radius 2 is 2.43 bits per heavy atom. The monoisotopic (exact) mass is 276 g/mol. The molecule has 0 unspecified atom stereocenters. The van der Waals surface area contributed by atoms with Crippen LogP contribution in [-0.2, 0) is 6.54 Å². The number of nitrogens with two attached hydrogens (primary N) is 1. The van der Waals surface area contributed by atoms with Crippen molar-refractivity contribution < 1.29 is 0 Å². The van der Waals surface area contributed by atoms with Gasteiger partial charge in [0.1, 0.15) is 0 Å². The maximum absolute atomic E-state index is 11.6. The summed E-state index contributed by atoms with van der Waals surface area (Å²) >= 11 is 8.66. The summed E-state index contributed by atoms with van der Waals surface area (Å²) in [5.74, 6) is 0. The summed E-state index contributed by atoms with van der Waals surface area (Å²) in [6, 6.07) is 1.58. The van der Waals surface area contributed by atoms with Crippen molar-refractivity contribution in [1.29, 1.82) is 0 Å². The Morgan fingerprint density at radius 3 is 3.00 bits per heavy atom. The van der Waals surface area contributed by atoms with E-state index in [1.54, 1.807) is 12.3 Å². The Labute approximate surface area is 95.3 Å². The summed E-state index contributed by atoms with van der Waals surface area (Å²) in [6.45, 7) is 2.29. The molecule has 0 bridgehead atoms. The number of allylic oxidation sites excluding steroid dienone is 1. The summed E-state index contributed by atoms with van der Waals surface area (Å²) in [7, 11) is 0. The van der Waals surface area contributed by atoms with Crippen LogP contribution in [0.5, 0.6) is 0 Å². The van der Waals surface area contributed by atoms with Gasteiger partial charge in [0.15, 0.2) is 0 Å². The van der Waals surface area contributed by atoms with Crippen LogP contribution in [0.1, 0.15) is 6.92 Å². The Morgan fingerprint density at radius 1 is 1.79 bits per heavy atom. The number of nitrogens with zero attached hydrogens (tertiary/aromatic N) is 1. The first kappa shape index (κ1) is 11.3. The van der Waals surface area contributed by atoms with Gasteiger partial charge in [0.05, 0.1) is 4.47 Å². The third-order valence-corrected chi connectivity index (χ3v) is 2.61. The van der Waals surface area contributed by atoms with Crippen molar-refractivity contribution in [3.8, 4) is 0 Å². The van der Waals surface area contributed by atoms with Gasteiger partial charge < -0.3 is 10.3 Å². The highest BCUT2D eigenvalue weighted by Crippen LogP contribution is 2.09. The Bertz CT molecular complexity index is 425. The number of rotatable bonds is 2. The number of pyridine rings is 1. The Kier molecular flexibility index (Phi) is 3.77. The summed E-state index contributed by atoms with van der Waals surface area (Å²) in [5.41, 5.74) is 8.37. The minimum Gasteiger partial charge on any atom is -0.398 e. The lowest BCUT2D eigenvalue weighted by Crippen LogP contribution is -2.21. The van der Waals surface area contributed by atoms with E-state index in [9.17, 15) is 4.79 Å². The zero-order valence-corrected chi connectivity index (χ0v) is 9.97. The van der Waals surface area contributed by atoms with Crippen LogP contribution in [0.25, 0.3) is 0 Å². The van der Waals surface area contributed by atoms with E-state index in [1.165, 1.54) is 10.1 Å². The largest absolute Gasteiger partial charge is 0.398 e. The summed E-state index contributed by atoms with van der Waals surface area (Å²) in [5, 5.41) is 0. The van der Waals surface area contributed by atoms with E-state index < -0.39 is 0 Å². The predicted octanol–water partition coefficient (Wildman–Crippen LogP) is 2.34. The molecule has 2 N–H and O–H groups in total. The summed E-state index contributed by atoms with van der Waals surface area (Å²) < 4.78 is 1.97. The van der Waals surface area contributed by atoms with Gasteiger partial charge in [-0.2, -0.15) is 0 Å². The lowest BCUT2D eigenvalue weighted by Gasteiger charge is -2.06. The average molecular weight is 278 g/mol. The Hall–Kier alpha value is -0.740. The van der Waals surface area contributed by atoms with Crippen LogP contribution < -0.4 is 11.3 Å². The number of anilines is 1. The van der Waals surface area contributed by atoms with Crippen LogP contribution in [0.2, 0.25) is 0 Å². The molecule has 1 aromatic rings. The number of hydrogen-bond donors (Lipinski definition) is 1. The van der Waals surface area contributed by atoms with Crippen molar-refractivity contribution in [2.24, 2.45) is 0 Å². The van der Waals surface area contributed by atoms with Gasteiger partial charge in [-0.3, -0.25) is 4.79 Å². The van der Waals surface area contributed by atoms with E-state index in [1.807, 2.05) is 6.92 Å². The Balaban J connectivity index is 3.15. The molecule has 0 amide bonds. The molecule has 5 heteroatoms. The topological polar surface area (TPSA) is 48.0 Å². The fraction of sp³-hybridized carbons (Fsp3) is 0.222. The molecule has 0 aliphatic carbocycles. The van der Waals surface area contributed by atoms with Crippen molar-refractivity contribution >= 4 is 33.2 Å². The van der Waals surface area contributed by atoms with Gasteiger partial charge in [-0.25, -0.2) is 0 Å². The van der Waals surface area contributed by atoms with E-state index in [0.29, 0.717) is 16.7 Å². The fourth-order valence-corrected chi connectivity index (χ4v) is 1.60. The molecule has 0 aliphatic heterocycles. The summed E-state index contributed by atoms with van der Waals surface area (Å²) in [4.78, 5) is 11.6. The van der Waals surface area contributed by atoms with Gasteiger partial charge in [0.25, 0.3) is 5.56 Å². The molecule has 0 fully saturated rings. The van der Waals surface area contributed by atoms with E-state index in [-0.39, 0.29) is 5.56 Å². The third-order valence-electron chi connectivity index (χ3n) is 1.67. The van der Waals surface area contributed by atoms with Crippen molar-refractivity contribution in [3.63, 3.8) is 0 Å². The maximum atomic E-state index is 11.6. The van der Waals surface area contributed by atoms with Crippen molar-refractivity contribution in [3.05, 3.63) is 38.2 Å². The van der Waals surface area contributed by atoms with Gasteiger partial charge in [-0.1, -0.05) is 11.6 Å². The highest BCUT2D eigenvalue weighted by Gasteiger charge is 2.02.